The van der Waals surface area contributed by atoms with Crippen LogP contribution in [-0.2, 0) is 6.18 Å². The Balaban J connectivity index is 2.33. The smallest absolute Gasteiger partial charge is 0.416 e. The number of methoxy groups -OCH3 is 1. The first-order valence-corrected chi connectivity index (χ1v) is 9.01. The van der Waals surface area contributed by atoms with Crippen LogP contribution in [0.25, 0.3) is 0 Å². The first-order valence-electron chi connectivity index (χ1n) is 9.01. The van der Waals surface area contributed by atoms with Crippen molar-refractivity contribution in [2.75, 3.05) is 20.3 Å². The molecule has 0 aromatic heterocycles. The van der Waals surface area contributed by atoms with E-state index in [0.29, 0.717) is 35.8 Å². The molecule has 4 nitrogen and oxygen atoms in total. The number of hydrogen-bond acceptors (Lipinski definition) is 3. The highest BCUT2D eigenvalue weighted by Crippen LogP contribution is 2.33. The van der Waals surface area contributed by atoms with Crippen molar-refractivity contribution in [3.8, 4) is 11.5 Å². The molecule has 28 heavy (non-hydrogen) atoms. The van der Waals surface area contributed by atoms with Gasteiger partial charge in [-0.15, -0.1) is 0 Å². The van der Waals surface area contributed by atoms with E-state index in [9.17, 15) is 18.0 Å². The van der Waals surface area contributed by atoms with Crippen LogP contribution < -0.4 is 9.47 Å². The van der Waals surface area contributed by atoms with Gasteiger partial charge in [0.15, 0.2) is 11.5 Å². The Bertz CT molecular complexity index is 821. The summed E-state index contributed by atoms with van der Waals surface area (Å²) in [4.78, 5) is 14.5. The molecule has 0 bridgehead atoms. The molecule has 2 aromatic rings. The van der Waals surface area contributed by atoms with Crippen LogP contribution in [0.2, 0.25) is 0 Å². The van der Waals surface area contributed by atoms with Gasteiger partial charge in [0.2, 0.25) is 0 Å². The molecule has 152 valence electrons. The number of benzene rings is 2. The van der Waals surface area contributed by atoms with Crippen molar-refractivity contribution in [3.05, 3.63) is 59.2 Å². The summed E-state index contributed by atoms with van der Waals surface area (Å²) in [6.45, 7) is 6.13. The van der Waals surface area contributed by atoms with Gasteiger partial charge < -0.3 is 14.4 Å². The van der Waals surface area contributed by atoms with Crippen molar-refractivity contribution in [2.24, 2.45) is 0 Å². The van der Waals surface area contributed by atoms with Gasteiger partial charge in [-0.25, -0.2) is 0 Å². The summed E-state index contributed by atoms with van der Waals surface area (Å²) in [7, 11) is 1.48. The molecule has 0 saturated heterocycles. The monoisotopic (exact) mass is 395 g/mol. The van der Waals surface area contributed by atoms with Gasteiger partial charge in [0.05, 0.1) is 25.3 Å². The lowest BCUT2D eigenvalue weighted by Crippen LogP contribution is -2.33. The number of rotatable bonds is 7. The predicted octanol–water partition coefficient (Wildman–Crippen LogP) is 5.34. The lowest BCUT2D eigenvalue weighted by molar-refractivity contribution is -0.137. The van der Waals surface area contributed by atoms with Gasteiger partial charge in [-0.2, -0.15) is 13.2 Å². The minimum absolute atomic E-state index is 0.297. The summed E-state index contributed by atoms with van der Waals surface area (Å²) < 4.78 is 49.8. The Morgan fingerprint density at radius 3 is 2.39 bits per heavy atom. The van der Waals surface area contributed by atoms with Crippen LogP contribution in [0.1, 0.15) is 48.3 Å². The quantitative estimate of drug-likeness (QED) is 0.636. The largest absolute Gasteiger partial charge is 0.493 e. The van der Waals surface area contributed by atoms with Crippen LogP contribution in [-0.4, -0.2) is 31.1 Å². The molecule has 2 aromatic carbocycles. The van der Waals surface area contributed by atoms with Gasteiger partial charge >= 0.3 is 6.18 Å². The third-order valence-electron chi connectivity index (χ3n) is 4.48. The molecule has 0 aliphatic heterocycles. The molecule has 0 spiro atoms. The average molecular weight is 395 g/mol. The van der Waals surface area contributed by atoms with Gasteiger partial charge in [0.1, 0.15) is 0 Å². The molecule has 1 atom stereocenters. The SMILES string of the molecule is CCOc1ccc(C(=O)N(CC)C(C)c2cccc(C(F)(F)F)c2)cc1OC. The predicted molar refractivity (Wildman–Crippen MR) is 101 cm³/mol. The Hall–Kier alpha value is -2.70. The standard InChI is InChI=1S/C21H24F3NO3/c1-5-25(14(3)15-8-7-9-17(12-15)21(22,23)24)20(26)16-10-11-18(28-6-2)19(13-16)27-4/h7-14H,5-6H2,1-4H3. The summed E-state index contributed by atoms with van der Waals surface area (Å²) in [6.07, 6.45) is -4.43. The van der Waals surface area contributed by atoms with Crippen molar-refractivity contribution < 1.29 is 27.4 Å². The van der Waals surface area contributed by atoms with Crippen molar-refractivity contribution in [2.45, 2.75) is 33.0 Å². The molecule has 0 aliphatic rings. The average Bonchev–Trinajstić information content (AvgIpc) is 2.68. The number of carbonyl (C=O) groups excluding carboxylic acids is 1. The second-order valence-corrected chi connectivity index (χ2v) is 6.19. The van der Waals surface area contributed by atoms with Crippen LogP contribution in [0.5, 0.6) is 11.5 Å². The normalized spacial score (nSPS) is 12.4. The van der Waals surface area contributed by atoms with Gasteiger partial charge in [-0.1, -0.05) is 12.1 Å². The van der Waals surface area contributed by atoms with E-state index in [1.165, 1.54) is 18.1 Å². The molecular weight excluding hydrogens is 371 g/mol. The van der Waals surface area contributed by atoms with E-state index in [4.69, 9.17) is 9.47 Å². The fourth-order valence-electron chi connectivity index (χ4n) is 2.99. The zero-order valence-corrected chi connectivity index (χ0v) is 16.3. The zero-order valence-electron chi connectivity index (χ0n) is 16.3. The Morgan fingerprint density at radius 1 is 1.11 bits per heavy atom. The highest BCUT2D eigenvalue weighted by Gasteiger charge is 2.31. The van der Waals surface area contributed by atoms with E-state index in [1.54, 1.807) is 38.1 Å². The summed E-state index contributed by atoms with van der Waals surface area (Å²) in [5, 5.41) is 0. The van der Waals surface area contributed by atoms with Gasteiger partial charge in [0, 0.05) is 12.1 Å². The first-order chi connectivity index (χ1) is 13.2. The summed E-state index contributed by atoms with van der Waals surface area (Å²) in [5.41, 5.74) is 0.0620. The fraction of sp³-hybridized carbons (Fsp3) is 0.381. The van der Waals surface area contributed by atoms with Crippen molar-refractivity contribution >= 4 is 5.91 Å². The summed E-state index contributed by atoms with van der Waals surface area (Å²) >= 11 is 0. The Morgan fingerprint density at radius 2 is 1.82 bits per heavy atom. The van der Waals surface area contributed by atoms with E-state index in [2.05, 4.69) is 0 Å². The minimum atomic E-state index is -4.43. The number of alkyl halides is 3. The molecule has 7 heteroatoms. The minimum Gasteiger partial charge on any atom is -0.493 e. The zero-order chi connectivity index (χ0) is 20.9. The van der Waals surface area contributed by atoms with E-state index < -0.39 is 17.8 Å². The highest BCUT2D eigenvalue weighted by molar-refractivity contribution is 5.95. The maximum Gasteiger partial charge on any atom is 0.416 e. The molecule has 0 aliphatic carbocycles. The molecule has 2 rings (SSSR count). The van der Waals surface area contributed by atoms with E-state index >= 15 is 0 Å². The second kappa shape index (κ2) is 8.99. The molecule has 0 heterocycles. The van der Waals surface area contributed by atoms with E-state index in [1.807, 2.05) is 6.92 Å². The molecule has 0 N–H and O–H groups in total. The van der Waals surface area contributed by atoms with Gasteiger partial charge in [-0.3, -0.25) is 4.79 Å². The van der Waals surface area contributed by atoms with Crippen molar-refractivity contribution in [3.63, 3.8) is 0 Å². The number of carbonyl (C=O) groups is 1. The third kappa shape index (κ3) is 4.77. The topological polar surface area (TPSA) is 38.8 Å². The second-order valence-electron chi connectivity index (χ2n) is 6.19. The number of ether oxygens (including phenoxy) is 2. The fourth-order valence-corrected chi connectivity index (χ4v) is 2.99. The van der Waals surface area contributed by atoms with Crippen LogP contribution in [0, 0.1) is 0 Å². The maximum atomic E-state index is 13.0. The Labute approximate surface area is 162 Å². The number of halogens is 3. The van der Waals surface area contributed by atoms with Crippen molar-refractivity contribution in [1.29, 1.82) is 0 Å². The van der Waals surface area contributed by atoms with E-state index in [0.717, 1.165) is 12.1 Å². The van der Waals surface area contributed by atoms with E-state index in [-0.39, 0.29) is 5.91 Å². The third-order valence-corrected chi connectivity index (χ3v) is 4.48. The summed E-state index contributed by atoms with van der Waals surface area (Å²) in [6, 6.07) is 9.37. The van der Waals surface area contributed by atoms with Gasteiger partial charge in [0.25, 0.3) is 5.91 Å². The number of nitrogens with zero attached hydrogens (tertiary/aromatic N) is 1. The molecule has 0 fully saturated rings. The number of amides is 1. The number of hydrogen-bond donors (Lipinski definition) is 0. The lowest BCUT2D eigenvalue weighted by atomic mass is 10.0. The molecule has 0 radical (unpaired) electrons. The Kier molecular flexibility index (Phi) is 6.94. The van der Waals surface area contributed by atoms with Crippen LogP contribution in [0.4, 0.5) is 13.2 Å². The first kappa shape index (κ1) is 21.6. The summed E-state index contributed by atoms with van der Waals surface area (Å²) in [5.74, 6) is 0.653. The molecular formula is C21H24F3NO3. The molecule has 1 amide bonds. The maximum absolute atomic E-state index is 13.0. The lowest BCUT2D eigenvalue weighted by Gasteiger charge is -2.29. The molecule has 1 unspecified atom stereocenters. The highest BCUT2D eigenvalue weighted by atomic mass is 19.4. The van der Waals surface area contributed by atoms with Crippen LogP contribution in [0.15, 0.2) is 42.5 Å². The van der Waals surface area contributed by atoms with Crippen molar-refractivity contribution in [1.82, 2.24) is 4.90 Å². The van der Waals surface area contributed by atoms with Crippen LogP contribution >= 0.6 is 0 Å². The van der Waals surface area contributed by atoms with Gasteiger partial charge in [-0.05, 0) is 56.7 Å². The van der Waals surface area contributed by atoms with Crippen LogP contribution in [0.3, 0.4) is 0 Å². The molecule has 0 saturated carbocycles.